The summed E-state index contributed by atoms with van der Waals surface area (Å²) in [5.74, 6) is 1.09. The molecule has 49 heavy (non-hydrogen) atoms. The summed E-state index contributed by atoms with van der Waals surface area (Å²) in [6, 6.07) is 20.0. The molecule has 0 aliphatic heterocycles. The quantitative estimate of drug-likeness (QED) is 0.125. The van der Waals surface area contributed by atoms with Crippen LogP contribution in [0.5, 0.6) is 11.8 Å². The van der Waals surface area contributed by atoms with Gasteiger partial charge in [0.1, 0.15) is 35.9 Å². The molecule has 4 heterocycles. The number of halogens is 4. The highest BCUT2D eigenvalue weighted by molar-refractivity contribution is 14.1. The maximum Gasteiger partial charge on any atom is 0.240 e. The van der Waals surface area contributed by atoms with Gasteiger partial charge in [-0.05, 0) is 102 Å². The Morgan fingerprint density at radius 2 is 1.22 bits per heavy atom. The van der Waals surface area contributed by atoms with Crippen molar-refractivity contribution in [1.82, 2.24) is 39.1 Å². The molecule has 0 saturated heterocycles. The molecule has 6 aromatic rings. The molecule has 1 unspecified atom stereocenters. The van der Waals surface area contributed by atoms with Crippen LogP contribution in [0.1, 0.15) is 53.3 Å². The number of ether oxygens (including phenoxy) is 2. The van der Waals surface area contributed by atoms with Crippen molar-refractivity contribution in [3.05, 3.63) is 123 Å². The molecule has 258 valence electrons. The number of aliphatic hydroxyl groups is 1. The molecule has 0 radical (unpaired) electrons. The topological polar surface area (TPSA) is 110 Å². The second kappa shape index (κ2) is 17.5. The zero-order valence-electron chi connectivity index (χ0n) is 27.4. The second-order valence-electron chi connectivity index (χ2n) is 11.0. The summed E-state index contributed by atoms with van der Waals surface area (Å²) in [5, 5.41) is 28.7. The van der Waals surface area contributed by atoms with Gasteiger partial charge in [0.2, 0.25) is 11.8 Å². The lowest BCUT2D eigenvalue weighted by molar-refractivity contribution is 0.206. The monoisotopic (exact) mass is 1020 g/mol. The van der Waals surface area contributed by atoms with Gasteiger partial charge < -0.3 is 14.6 Å². The Kier molecular flexibility index (Phi) is 13.4. The van der Waals surface area contributed by atoms with Gasteiger partial charge in [0.05, 0.1) is 11.1 Å². The first-order chi connectivity index (χ1) is 23.6. The van der Waals surface area contributed by atoms with Gasteiger partial charge in [-0.2, -0.15) is 10.2 Å². The fourth-order valence-electron chi connectivity index (χ4n) is 5.00. The van der Waals surface area contributed by atoms with Crippen molar-refractivity contribution in [2.75, 3.05) is 0 Å². The van der Waals surface area contributed by atoms with Crippen LogP contribution in [0.3, 0.4) is 0 Å². The predicted octanol–water partition coefficient (Wildman–Crippen LogP) is 7.84. The molecule has 6 rings (SSSR count). The average Bonchev–Trinajstić information content (AvgIpc) is 3.81. The highest BCUT2D eigenvalue weighted by Crippen LogP contribution is 2.37. The fraction of sp³-hybridized carbons (Fsp3) is 0.294. The van der Waals surface area contributed by atoms with Gasteiger partial charge in [0.25, 0.3) is 0 Å². The van der Waals surface area contributed by atoms with E-state index in [1.165, 1.54) is 5.56 Å². The smallest absolute Gasteiger partial charge is 0.240 e. The number of aromatic nitrogens is 8. The second-order valence-corrected chi connectivity index (χ2v) is 14.6. The third-order valence-corrected chi connectivity index (χ3v) is 10.9. The SMILES string of the molecule is CCn1nc(OCc2ccccc2)c(C(O)c2cn(C)nc2I)c1Br.CCn1nc(OCc2ccccc2)c(Cc2cn(C)nc2I)c1Br. The van der Waals surface area contributed by atoms with E-state index in [-0.39, 0.29) is 0 Å². The summed E-state index contributed by atoms with van der Waals surface area (Å²) in [5.41, 5.74) is 5.73. The largest absolute Gasteiger partial charge is 0.472 e. The van der Waals surface area contributed by atoms with E-state index in [9.17, 15) is 5.11 Å². The summed E-state index contributed by atoms with van der Waals surface area (Å²) in [6.07, 6.45) is 3.71. The Morgan fingerprint density at radius 1 is 0.714 bits per heavy atom. The summed E-state index contributed by atoms with van der Waals surface area (Å²) in [7, 11) is 3.76. The number of benzene rings is 2. The van der Waals surface area contributed by atoms with Crippen molar-refractivity contribution in [3.63, 3.8) is 0 Å². The van der Waals surface area contributed by atoms with E-state index in [2.05, 4.69) is 116 Å². The zero-order valence-corrected chi connectivity index (χ0v) is 34.9. The standard InChI is InChI=1S/C17H18BrIN4O2.C17H18BrIN4O/c1-3-23-15(18)13(14(24)12-9-22(2)20-16(12)19)17(21-23)25-10-11-7-5-4-6-8-11;1-3-23-15(18)14(9-13-10-22(2)20-16(13)19)17(21-23)24-11-12-7-5-4-6-8-12/h4-9,14,24H,3,10H2,1-2H3;4-8,10H,3,9,11H2,1-2H3. The molecule has 1 N–H and O–H groups in total. The summed E-state index contributed by atoms with van der Waals surface area (Å²) in [4.78, 5) is 0. The summed E-state index contributed by atoms with van der Waals surface area (Å²) >= 11 is 11.6. The molecule has 0 amide bonds. The fourth-order valence-corrected chi connectivity index (χ4v) is 7.80. The molecule has 0 fully saturated rings. The van der Waals surface area contributed by atoms with Gasteiger partial charge in [0, 0.05) is 57.1 Å². The predicted molar refractivity (Wildman–Crippen MR) is 211 cm³/mol. The third-order valence-electron chi connectivity index (χ3n) is 7.47. The molecule has 0 bridgehead atoms. The minimum absolute atomic E-state index is 0.387. The molecule has 4 aromatic heterocycles. The summed E-state index contributed by atoms with van der Waals surface area (Å²) < 4.78 is 22.6. The van der Waals surface area contributed by atoms with Crippen molar-refractivity contribution in [3.8, 4) is 11.8 Å². The van der Waals surface area contributed by atoms with Gasteiger partial charge in [-0.1, -0.05) is 60.7 Å². The molecule has 0 aliphatic carbocycles. The van der Waals surface area contributed by atoms with Crippen molar-refractivity contribution >= 4 is 77.0 Å². The number of rotatable bonds is 12. The normalized spacial score (nSPS) is 11.7. The van der Waals surface area contributed by atoms with Gasteiger partial charge in [-0.3, -0.25) is 18.7 Å². The maximum absolute atomic E-state index is 10.9. The molecular formula is C34H36Br2I2N8O3. The number of nitrogens with zero attached hydrogens (tertiary/aromatic N) is 8. The molecule has 1 atom stereocenters. The number of aryl methyl sites for hydroxylation is 4. The van der Waals surface area contributed by atoms with E-state index in [0.29, 0.717) is 41.7 Å². The van der Waals surface area contributed by atoms with Crippen LogP contribution in [0.25, 0.3) is 0 Å². The number of aliphatic hydroxyl groups excluding tert-OH is 1. The van der Waals surface area contributed by atoms with E-state index in [1.54, 1.807) is 9.36 Å². The zero-order chi connectivity index (χ0) is 35.1. The highest BCUT2D eigenvalue weighted by Gasteiger charge is 2.28. The van der Waals surface area contributed by atoms with Crippen LogP contribution in [-0.2, 0) is 46.8 Å². The van der Waals surface area contributed by atoms with Crippen LogP contribution in [0.2, 0.25) is 0 Å². The lowest BCUT2D eigenvalue weighted by Crippen LogP contribution is -2.04. The minimum atomic E-state index is -0.874. The van der Waals surface area contributed by atoms with Crippen LogP contribution in [-0.4, -0.2) is 44.2 Å². The van der Waals surface area contributed by atoms with Crippen LogP contribution in [0.4, 0.5) is 0 Å². The third kappa shape index (κ3) is 9.33. The van der Waals surface area contributed by atoms with Crippen LogP contribution < -0.4 is 9.47 Å². The van der Waals surface area contributed by atoms with E-state index < -0.39 is 6.10 Å². The van der Waals surface area contributed by atoms with E-state index in [0.717, 1.165) is 47.2 Å². The van der Waals surface area contributed by atoms with E-state index in [4.69, 9.17) is 9.47 Å². The molecule has 0 aliphatic rings. The first-order valence-electron chi connectivity index (χ1n) is 15.5. The average molecular weight is 1020 g/mol. The van der Waals surface area contributed by atoms with Crippen molar-refractivity contribution in [2.24, 2.45) is 14.1 Å². The van der Waals surface area contributed by atoms with Crippen molar-refractivity contribution in [1.29, 1.82) is 0 Å². The maximum atomic E-state index is 10.9. The lowest BCUT2D eigenvalue weighted by atomic mass is 10.1. The molecule has 2 aromatic carbocycles. The molecule has 15 heteroatoms. The Morgan fingerprint density at radius 3 is 1.73 bits per heavy atom. The van der Waals surface area contributed by atoms with Gasteiger partial charge in [-0.25, -0.2) is 0 Å². The van der Waals surface area contributed by atoms with Crippen LogP contribution in [0, 0.1) is 7.40 Å². The van der Waals surface area contributed by atoms with Crippen molar-refractivity contribution < 1.29 is 14.6 Å². The Bertz CT molecular complexity index is 1980. The van der Waals surface area contributed by atoms with Crippen molar-refractivity contribution in [2.45, 2.75) is 52.7 Å². The first-order valence-corrected chi connectivity index (χ1v) is 19.2. The Labute approximate surface area is 329 Å². The Hall–Kier alpha value is -2.74. The Balaban J connectivity index is 0.000000191. The van der Waals surface area contributed by atoms with E-state index in [1.807, 2.05) is 91.3 Å². The number of hydrogen-bond acceptors (Lipinski definition) is 7. The first kappa shape index (κ1) is 37.5. The van der Waals surface area contributed by atoms with Crippen LogP contribution in [0.15, 0.2) is 82.3 Å². The van der Waals surface area contributed by atoms with E-state index >= 15 is 0 Å². The van der Waals surface area contributed by atoms with Crippen LogP contribution >= 0.6 is 77.0 Å². The van der Waals surface area contributed by atoms with Gasteiger partial charge in [-0.15, -0.1) is 10.2 Å². The molecule has 11 nitrogen and oxygen atoms in total. The summed E-state index contributed by atoms with van der Waals surface area (Å²) in [6.45, 7) is 6.40. The number of hydrogen-bond donors (Lipinski definition) is 1. The molecule has 0 spiro atoms. The minimum Gasteiger partial charge on any atom is -0.472 e. The highest BCUT2D eigenvalue weighted by atomic mass is 127. The molecular weight excluding hydrogens is 982 g/mol. The molecule has 0 saturated carbocycles. The lowest BCUT2D eigenvalue weighted by Gasteiger charge is -2.11. The van der Waals surface area contributed by atoms with Gasteiger partial charge in [0.15, 0.2) is 0 Å². The van der Waals surface area contributed by atoms with Gasteiger partial charge >= 0.3 is 0 Å².